The molecular formula is C19H30N2O3S. The monoisotopic (exact) mass is 366 g/mol. The lowest BCUT2D eigenvalue weighted by Gasteiger charge is -2.16. The van der Waals surface area contributed by atoms with E-state index in [0.29, 0.717) is 18.0 Å². The summed E-state index contributed by atoms with van der Waals surface area (Å²) in [7, 11) is -3.58. The summed E-state index contributed by atoms with van der Waals surface area (Å²) in [4.78, 5) is 12.6. The lowest BCUT2D eigenvalue weighted by molar-refractivity contribution is 0.0933. The minimum atomic E-state index is -3.58. The van der Waals surface area contributed by atoms with Crippen LogP contribution in [0.15, 0.2) is 29.2 Å². The Morgan fingerprint density at radius 2 is 1.84 bits per heavy atom. The molecule has 6 heteroatoms. The maximum atomic E-state index is 12.5. The number of amides is 1. The van der Waals surface area contributed by atoms with Gasteiger partial charge in [-0.1, -0.05) is 45.6 Å². The van der Waals surface area contributed by atoms with Gasteiger partial charge >= 0.3 is 0 Å². The van der Waals surface area contributed by atoms with Gasteiger partial charge in [0.25, 0.3) is 5.91 Å². The standard InChI is InChI=1S/C19H30N2O3S/c1-15(2)12-13-20-25(23,24)18-11-7-8-16(14-18)19(22)21-17-9-5-3-4-6-10-17/h7-8,11,14-15,17,20H,3-6,9-10,12-13H2,1-2H3,(H,21,22). The molecule has 0 spiro atoms. The van der Waals surface area contributed by atoms with E-state index in [4.69, 9.17) is 0 Å². The molecule has 5 nitrogen and oxygen atoms in total. The smallest absolute Gasteiger partial charge is 0.251 e. The number of sulfonamides is 1. The molecule has 0 radical (unpaired) electrons. The maximum Gasteiger partial charge on any atom is 0.251 e. The molecular weight excluding hydrogens is 336 g/mol. The van der Waals surface area contributed by atoms with E-state index in [0.717, 1.165) is 32.1 Å². The van der Waals surface area contributed by atoms with E-state index in [1.807, 2.05) is 13.8 Å². The van der Waals surface area contributed by atoms with E-state index in [1.54, 1.807) is 12.1 Å². The van der Waals surface area contributed by atoms with Crippen molar-refractivity contribution >= 4 is 15.9 Å². The predicted molar refractivity (Wildman–Crippen MR) is 100 cm³/mol. The van der Waals surface area contributed by atoms with Crippen LogP contribution in [-0.2, 0) is 10.0 Å². The van der Waals surface area contributed by atoms with Gasteiger partial charge in [0.1, 0.15) is 0 Å². The van der Waals surface area contributed by atoms with Crippen molar-refractivity contribution in [1.29, 1.82) is 0 Å². The van der Waals surface area contributed by atoms with E-state index >= 15 is 0 Å². The zero-order valence-corrected chi connectivity index (χ0v) is 16.1. The maximum absolute atomic E-state index is 12.5. The highest BCUT2D eigenvalue weighted by atomic mass is 32.2. The van der Waals surface area contributed by atoms with Crippen LogP contribution in [-0.4, -0.2) is 26.9 Å². The van der Waals surface area contributed by atoms with Gasteiger partial charge in [0.2, 0.25) is 10.0 Å². The Hall–Kier alpha value is -1.40. The van der Waals surface area contributed by atoms with Crippen molar-refractivity contribution in [2.75, 3.05) is 6.54 Å². The van der Waals surface area contributed by atoms with Gasteiger partial charge in [0.05, 0.1) is 4.90 Å². The molecule has 1 aromatic carbocycles. The molecule has 2 rings (SSSR count). The Labute approximate surface area is 151 Å². The van der Waals surface area contributed by atoms with Crippen molar-refractivity contribution in [2.24, 2.45) is 5.92 Å². The highest BCUT2D eigenvalue weighted by molar-refractivity contribution is 7.89. The number of hydrogen-bond acceptors (Lipinski definition) is 3. The first-order valence-electron chi connectivity index (χ1n) is 9.29. The van der Waals surface area contributed by atoms with Crippen molar-refractivity contribution in [1.82, 2.24) is 10.0 Å². The van der Waals surface area contributed by atoms with Crippen LogP contribution < -0.4 is 10.0 Å². The highest BCUT2D eigenvalue weighted by Gasteiger charge is 2.19. The summed E-state index contributed by atoms with van der Waals surface area (Å²) in [6.07, 6.45) is 7.50. The quantitative estimate of drug-likeness (QED) is 0.726. The highest BCUT2D eigenvalue weighted by Crippen LogP contribution is 2.18. The molecule has 0 saturated heterocycles. The van der Waals surface area contributed by atoms with Gasteiger partial charge in [-0.3, -0.25) is 4.79 Å². The number of carbonyl (C=O) groups is 1. The van der Waals surface area contributed by atoms with Crippen molar-refractivity contribution in [3.05, 3.63) is 29.8 Å². The first kappa shape index (κ1) is 19.9. The molecule has 1 fully saturated rings. The average Bonchev–Trinajstić information content (AvgIpc) is 2.83. The summed E-state index contributed by atoms with van der Waals surface area (Å²) in [5.74, 6) is 0.241. The van der Waals surface area contributed by atoms with Crippen LogP contribution >= 0.6 is 0 Å². The first-order valence-corrected chi connectivity index (χ1v) is 10.8. The van der Waals surface area contributed by atoms with Crippen LogP contribution in [0.1, 0.15) is 69.2 Å². The molecule has 0 heterocycles. The Morgan fingerprint density at radius 3 is 2.48 bits per heavy atom. The van der Waals surface area contributed by atoms with Crippen LogP contribution in [0.2, 0.25) is 0 Å². The second kappa shape index (κ2) is 9.34. The fourth-order valence-corrected chi connectivity index (χ4v) is 4.16. The second-order valence-corrected chi connectivity index (χ2v) is 9.04. The molecule has 0 bridgehead atoms. The summed E-state index contributed by atoms with van der Waals surface area (Å²) < 4.78 is 27.4. The minimum Gasteiger partial charge on any atom is -0.349 e. The van der Waals surface area contributed by atoms with Gasteiger partial charge in [-0.15, -0.1) is 0 Å². The first-order chi connectivity index (χ1) is 11.9. The Balaban J connectivity index is 2.02. The average molecular weight is 367 g/mol. The second-order valence-electron chi connectivity index (χ2n) is 7.27. The lowest BCUT2D eigenvalue weighted by atomic mass is 10.1. The Bertz CT molecular complexity index is 663. The van der Waals surface area contributed by atoms with Crippen LogP contribution in [0.25, 0.3) is 0 Å². The molecule has 140 valence electrons. The van der Waals surface area contributed by atoms with Gasteiger partial charge in [-0.2, -0.15) is 0 Å². The summed E-state index contributed by atoms with van der Waals surface area (Å²) in [6.45, 7) is 4.50. The molecule has 25 heavy (non-hydrogen) atoms. The molecule has 2 N–H and O–H groups in total. The van der Waals surface area contributed by atoms with Crippen LogP contribution in [0, 0.1) is 5.92 Å². The van der Waals surface area contributed by atoms with E-state index in [-0.39, 0.29) is 16.8 Å². The molecule has 1 aliphatic carbocycles. The lowest BCUT2D eigenvalue weighted by Crippen LogP contribution is -2.34. The summed E-state index contributed by atoms with van der Waals surface area (Å²) in [5, 5.41) is 3.06. The normalized spacial score (nSPS) is 16.6. The fourth-order valence-electron chi connectivity index (χ4n) is 3.06. The minimum absolute atomic E-state index is 0.143. The zero-order chi connectivity index (χ0) is 18.3. The van der Waals surface area contributed by atoms with Crippen LogP contribution in [0.3, 0.4) is 0 Å². The third-order valence-electron chi connectivity index (χ3n) is 4.61. The molecule has 1 saturated carbocycles. The summed E-state index contributed by atoms with van der Waals surface area (Å²) in [6, 6.07) is 6.47. The zero-order valence-electron chi connectivity index (χ0n) is 15.3. The van der Waals surface area contributed by atoms with Crippen molar-refractivity contribution in [3.63, 3.8) is 0 Å². The number of carbonyl (C=O) groups excluding carboxylic acids is 1. The van der Waals surface area contributed by atoms with Gasteiger partial charge in [0.15, 0.2) is 0 Å². The van der Waals surface area contributed by atoms with Crippen molar-refractivity contribution in [3.8, 4) is 0 Å². The molecule has 0 unspecified atom stereocenters. The molecule has 0 atom stereocenters. The fraction of sp³-hybridized carbons (Fsp3) is 0.632. The number of nitrogens with one attached hydrogen (secondary N) is 2. The number of benzene rings is 1. The third-order valence-corrected chi connectivity index (χ3v) is 6.07. The van der Waals surface area contributed by atoms with Crippen molar-refractivity contribution < 1.29 is 13.2 Å². The third kappa shape index (κ3) is 6.44. The van der Waals surface area contributed by atoms with E-state index < -0.39 is 10.0 Å². The molecule has 1 aromatic rings. The van der Waals surface area contributed by atoms with Crippen molar-refractivity contribution in [2.45, 2.75) is 69.7 Å². The topological polar surface area (TPSA) is 75.3 Å². The van der Waals surface area contributed by atoms with E-state index in [1.165, 1.54) is 25.0 Å². The predicted octanol–water partition coefficient (Wildman–Crippen LogP) is 3.46. The SMILES string of the molecule is CC(C)CCNS(=O)(=O)c1cccc(C(=O)NC2CCCCCC2)c1. The number of hydrogen-bond donors (Lipinski definition) is 2. The van der Waals surface area contributed by atoms with Gasteiger partial charge < -0.3 is 5.32 Å². The largest absolute Gasteiger partial charge is 0.349 e. The van der Waals surface area contributed by atoms with Gasteiger partial charge in [-0.05, 0) is 43.4 Å². The number of rotatable bonds is 7. The van der Waals surface area contributed by atoms with E-state index in [2.05, 4.69) is 10.0 Å². The molecule has 1 aliphatic rings. The van der Waals surface area contributed by atoms with Crippen LogP contribution in [0.4, 0.5) is 0 Å². The Kier molecular flexibility index (Phi) is 7.44. The van der Waals surface area contributed by atoms with E-state index in [9.17, 15) is 13.2 Å². The van der Waals surface area contributed by atoms with Gasteiger partial charge in [0, 0.05) is 18.2 Å². The van der Waals surface area contributed by atoms with Gasteiger partial charge in [-0.25, -0.2) is 13.1 Å². The summed E-state index contributed by atoms with van der Waals surface area (Å²) >= 11 is 0. The molecule has 0 aromatic heterocycles. The molecule has 1 amide bonds. The van der Waals surface area contributed by atoms with Crippen LogP contribution in [0.5, 0.6) is 0 Å². The molecule has 0 aliphatic heterocycles. The Morgan fingerprint density at radius 1 is 1.16 bits per heavy atom. The summed E-state index contributed by atoms with van der Waals surface area (Å²) in [5.41, 5.74) is 0.399.